The minimum absolute atomic E-state index is 0.0926. The summed E-state index contributed by atoms with van der Waals surface area (Å²) in [6, 6.07) is 26.1. The van der Waals surface area contributed by atoms with E-state index in [1.807, 2.05) is 42.5 Å². The minimum Gasteiger partial charge on any atom is -0.323 e. The molecule has 0 radical (unpaired) electrons. The predicted molar refractivity (Wildman–Crippen MR) is 130 cm³/mol. The summed E-state index contributed by atoms with van der Waals surface area (Å²) >= 11 is 6.07. The third-order valence-corrected chi connectivity index (χ3v) is 6.51. The highest BCUT2D eigenvalue weighted by molar-refractivity contribution is 7.92. The van der Waals surface area contributed by atoms with Gasteiger partial charge in [0.05, 0.1) is 10.6 Å². The lowest BCUT2D eigenvalue weighted by Gasteiger charge is -2.11. The molecule has 0 unspecified atom stereocenters. The number of nitrogens with one attached hydrogen (secondary N) is 2. The van der Waals surface area contributed by atoms with Crippen molar-refractivity contribution in [1.82, 2.24) is 0 Å². The first-order valence-corrected chi connectivity index (χ1v) is 11.6. The maximum absolute atomic E-state index is 12.8. The molecular formula is C25H19ClN2O3S. The van der Waals surface area contributed by atoms with Gasteiger partial charge in [-0.25, -0.2) is 8.42 Å². The van der Waals surface area contributed by atoms with E-state index in [0.717, 1.165) is 16.3 Å². The molecule has 0 saturated heterocycles. The third-order valence-electron chi connectivity index (χ3n) is 4.79. The van der Waals surface area contributed by atoms with Crippen LogP contribution in [0.1, 0.15) is 5.56 Å². The second-order valence-electron chi connectivity index (χ2n) is 7.00. The molecule has 0 aliphatic heterocycles. The fourth-order valence-electron chi connectivity index (χ4n) is 3.20. The molecule has 7 heteroatoms. The molecule has 0 bridgehead atoms. The van der Waals surface area contributed by atoms with Crippen LogP contribution in [-0.2, 0) is 14.8 Å². The highest BCUT2D eigenvalue weighted by Crippen LogP contribution is 2.26. The molecule has 0 atom stereocenters. The molecule has 0 aliphatic carbocycles. The van der Waals surface area contributed by atoms with Crippen molar-refractivity contribution in [2.45, 2.75) is 4.90 Å². The van der Waals surface area contributed by atoms with Crippen LogP contribution in [0.3, 0.4) is 0 Å². The third kappa shape index (κ3) is 4.99. The zero-order valence-corrected chi connectivity index (χ0v) is 18.4. The molecule has 5 nitrogen and oxygen atoms in total. The number of amides is 1. The lowest BCUT2D eigenvalue weighted by Crippen LogP contribution is -2.13. The van der Waals surface area contributed by atoms with Crippen molar-refractivity contribution >= 4 is 55.8 Å². The fraction of sp³-hybridized carbons (Fsp3) is 0. The van der Waals surface area contributed by atoms with Gasteiger partial charge in [0.25, 0.3) is 10.0 Å². The van der Waals surface area contributed by atoms with E-state index >= 15 is 0 Å². The van der Waals surface area contributed by atoms with E-state index in [4.69, 9.17) is 11.6 Å². The Labute approximate surface area is 191 Å². The van der Waals surface area contributed by atoms with Gasteiger partial charge in [0, 0.05) is 22.2 Å². The van der Waals surface area contributed by atoms with Gasteiger partial charge in [-0.3, -0.25) is 9.52 Å². The molecular weight excluding hydrogens is 444 g/mol. The van der Waals surface area contributed by atoms with Crippen molar-refractivity contribution in [3.8, 4) is 0 Å². The molecule has 32 heavy (non-hydrogen) atoms. The number of anilines is 2. The molecule has 160 valence electrons. The summed E-state index contributed by atoms with van der Waals surface area (Å²) in [7, 11) is -3.79. The van der Waals surface area contributed by atoms with Crippen molar-refractivity contribution < 1.29 is 13.2 Å². The van der Waals surface area contributed by atoms with Gasteiger partial charge in [-0.2, -0.15) is 0 Å². The zero-order chi connectivity index (χ0) is 22.6. The molecule has 1 amide bonds. The van der Waals surface area contributed by atoms with E-state index < -0.39 is 10.0 Å². The summed E-state index contributed by atoms with van der Waals surface area (Å²) in [5.41, 5.74) is 1.71. The second kappa shape index (κ2) is 9.26. The van der Waals surface area contributed by atoms with E-state index in [0.29, 0.717) is 16.4 Å². The van der Waals surface area contributed by atoms with Gasteiger partial charge in [0.1, 0.15) is 0 Å². The number of hydrogen-bond donors (Lipinski definition) is 2. The van der Waals surface area contributed by atoms with Crippen molar-refractivity contribution in [3.63, 3.8) is 0 Å². The topological polar surface area (TPSA) is 75.3 Å². The summed E-state index contributed by atoms with van der Waals surface area (Å²) in [4.78, 5) is 12.3. The van der Waals surface area contributed by atoms with Crippen LogP contribution in [0, 0.1) is 0 Å². The predicted octanol–water partition coefficient (Wildman–Crippen LogP) is 5.95. The van der Waals surface area contributed by atoms with Crippen LogP contribution in [0.2, 0.25) is 5.02 Å². The molecule has 0 spiro atoms. The van der Waals surface area contributed by atoms with Gasteiger partial charge in [-0.05, 0) is 53.4 Å². The summed E-state index contributed by atoms with van der Waals surface area (Å²) < 4.78 is 28.3. The van der Waals surface area contributed by atoms with E-state index in [1.54, 1.807) is 42.5 Å². The molecule has 0 fully saturated rings. The normalized spacial score (nSPS) is 11.5. The first kappa shape index (κ1) is 21.6. The molecule has 4 aromatic carbocycles. The number of sulfonamides is 1. The fourth-order valence-corrected chi connectivity index (χ4v) is 4.47. The molecule has 4 rings (SSSR count). The number of carbonyl (C=O) groups is 1. The van der Waals surface area contributed by atoms with Gasteiger partial charge in [-0.15, -0.1) is 0 Å². The maximum atomic E-state index is 12.8. The Hall–Kier alpha value is -3.61. The van der Waals surface area contributed by atoms with Crippen LogP contribution < -0.4 is 10.0 Å². The summed E-state index contributed by atoms with van der Waals surface area (Å²) in [6.45, 7) is 0. The molecule has 0 heterocycles. The van der Waals surface area contributed by atoms with Crippen molar-refractivity contribution in [1.29, 1.82) is 0 Å². The van der Waals surface area contributed by atoms with Crippen LogP contribution in [0.15, 0.2) is 102 Å². The van der Waals surface area contributed by atoms with Crippen LogP contribution in [0.4, 0.5) is 11.4 Å². The lowest BCUT2D eigenvalue weighted by atomic mass is 10.1. The largest absolute Gasteiger partial charge is 0.323 e. The Kier molecular flexibility index (Phi) is 6.25. The molecule has 0 aliphatic rings. The van der Waals surface area contributed by atoms with Crippen LogP contribution in [0.25, 0.3) is 16.8 Å². The molecule has 0 aromatic heterocycles. The van der Waals surface area contributed by atoms with E-state index in [-0.39, 0.29) is 10.8 Å². The van der Waals surface area contributed by atoms with E-state index in [1.165, 1.54) is 18.2 Å². The number of carbonyl (C=O) groups excluding carboxylic acids is 1. The number of halogens is 1. The Balaban J connectivity index is 1.46. The van der Waals surface area contributed by atoms with E-state index in [9.17, 15) is 13.2 Å². The smallest absolute Gasteiger partial charge is 0.261 e. The standard InChI is InChI=1S/C25H19ClN2O3S/c26-23-10-4-2-7-19(23)12-17-25(29)27-20-13-15-21(16-14-20)32(30,31)28-24-11-5-8-18-6-1-3-9-22(18)24/h1-17,28H,(H,27,29)/b17-12+. The highest BCUT2D eigenvalue weighted by Gasteiger charge is 2.15. The number of rotatable bonds is 6. The van der Waals surface area contributed by atoms with Crippen molar-refractivity contribution in [3.05, 3.63) is 108 Å². The molecule has 4 aromatic rings. The van der Waals surface area contributed by atoms with Crippen molar-refractivity contribution in [2.24, 2.45) is 0 Å². The average molecular weight is 463 g/mol. The Morgan fingerprint density at radius 2 is 1.50 bits per heavy atom. The maximum Gasteiger partial charge on any atom is 0.261 e. The van der Waals surface area contributed by atoms with Gasteiger partial charge >= 0.3 is 0 Å². The average Bonchev–Trinajstić information content (AvgIpc) is 2.79. The number of hydrogen-bond acceptors (Lipinski definition) is 3. The van der Waals surface area contributed by atoms with E-state index in [2.05, 4.69) is 10.0 Å². The summed E-state index contributed by atoms with van der Waals surface area (Å²) in [6.07, 6.45) is 2.98. The zero-order valence-electron chi connectivity index (χ0n) is 16.8. The Bertz CT molecular complexity index is 1410. The SMILES string of the molecule is O=C(/C=C/c1ccccc1Cl)Nc1ccc(S(=O)(=O)Nc2cccc3ccccc23)cc1. The number of fused-ring (bicyclic) bond motifs is 1. The van der Waals surface area contributed by atoms with Crippen LogP contribution in [-0.4, -0.2) is 14.3 Å². The first-order chi connectivity index (χ1) is 15.4. The quantitative estimate of drug-likeness (QED) is 0.348. The van der Waals surface area contributed by atoms with Crippen LogP contribution >= 0.6 is 11.6 Å². The molecule has 0 saturated carbocycles. The lowest BCUT2D eigenvalue weighted by molar-refractivity contribution is -0.111. The first-order valence-electron chi connectivity index (χ1n) is 9.77. The monoisotopic (exact) mass is 462 g/mol. The Morgan fingerprint density at radius 1 is 0.812 bits per heavy atom. The van der Waals surface area contributed by atoms with Gasteiger partial charge in [0.15, 0.2) is 0 Å². The van der Waals surface area contributed by atoms with Gasteiger partial charge < -0.3 is 5.32 Å². The van der Waals surface area contributed by atoms with Crippen LogP contribution in [0.5, 0.6) is 0 Å². The number of benzene rings is 4. The second-order valence-corrected chi connectivity index (χ2v) is 9.09. The molecule has 2 N–H and O–H groups in total. The summed E-state index contributed by atoms with van der Waals surface area (Å²) in [5, 5.41) is 5.00. The van der Waals surface area contributed by atoms with Crippen molar-refractivity contribution in [2.75, 3.05) is 10.0 Å². The minimum atomic E-state index is -3.79. The Morgan fingerprint density at radius 3 is 2.28 bits per heavy atom. The van der Waals surface area contributed by atoms with Gasteiger partial charge in [0.2, 0.25) is 5.91 Å². The summed E-state index contributed by atoms with van der Waals surface area (Å²) in [5.74, 6) is -0.352. The van der Waals surface area contributed by atoms with Gasteiger partial charge in [-0.1, -0.05) is 66.2 Å². The highest BCUT2D eigenvalue weighted by atomic mass is 35.5.